The summed E-state index contributed by atoms with van der Waals surface area (Å²) in [5.41, 5.74) is 12.1. The zero-order valence-electron chi connectivity index (χ0n) is 21.0. The zero-order chi connectivity index (χ0) is 28.4. The number of phenolic OH excluding ortho intramolecular Hbond substituents is 1. The summed E-state index contributed by atoms with van der Waals surface area (Å²) in [7, 11) is 0. The van der Waals surface area contributed by atoms with Gasteiger partial charge in [-0.05, 0) is 23.6 Å². The van der Waals surface area contributed by atoms with Crippen LogP contribution in [0.4, 0.5) is 0 Å². The molecule has 14 heteroatoms. The fraction of sp³-hybridized carbons (Fsp3) is 0.417. The molecular formula is C24H33N7O7. The lowest BCUT2D eigenvalue weighted by atomic mass is 10.0. The van der Waals surface area contributed by atoms with Crippen molar-refractivity contribution in [1.82, 2.24) is 25.9 Å². The van der Waals surface area contributed by atoms with Crippen LogP contribution in [0.15, 0.2) is 36.8 Å². The molecule has 1 aromatic heterocycles. The lowest BCUT2D eigenvalue weighted by Gasteiger charge is -2.25. The summed E-state index contributed by atoms with van der Waals surface area (Å²) in [6.45, 7) is 3.49. The molecule has 0 aliphatic rings. The van der Waals surface area contributed by atoms with Crippen LogP contribution in [0.5, 0.6) is 5.75 Å². The second-order valence-electron chi connectivity index (χ2n) is 9.11. The Morgan fingerprint density at radius 2 is 1.47 bits per heavy atom. The van der Waals surface area contributed by atoms with Crippen LogP contribution in [0, 0.1) is 5.92 Å². The third kappa shape index (κ3) is 9.20. The van der Waals surface area contributed by atoms with Gasteiger partial charge < -0.3 is 42.6 Å². The Bertz CT molecular complexity index is 1120. The predicted octanol–water partition coefficient (Wildman–Crippen LogP) is -1.70. The number of carbonyl (C=O) groups is 5. The molecule has 0 aliphatic carbocycles. The van der Waals surface area contributed by atoms with E-state index >= 15 is 0 Å². The van der Waals surface area contributed by atoms with Gasteiger partial charge in [0.2, 0.25) is 23.6 Å². The molecule has 0 saturated carbocycles. The van der Waals surface area contributed by atoms with Crippen LogP contribution >= 0.6 is 0 Å². The maximum atomic E-state index is 13.4. The van der Waals surface area contributed by atoms with Gasteiger partial charge in [-0.3, -0.25) is 19.2 Å². The van der Waals surface area contributed by atoms with E-state index in [4.69, 9.17) is 11.5 Å². The number of carbonyl (C=O) groups excluding carboxylic acids is 4. The maximum Gasteiger partial charge on any atom is 0.326 e. The summed E-state index contributed by atoms with van der Waals surface area (Å²) in [5.74, 6) is -4.85. The number of nitrogens with one attached hydrogen (secondary N) is 4. The highest BCUT2D eigenvalue weighted by Gasteiger charge is 2.31. The minimum absolute atomic E-state index is 0.000488. The number of nitrogens with two attached hydrogens (primary N) is 2. The van der Waals surface area contributed by atoms with Crippen molar-refractivity contribution in [3.63, 3.8) is 0 Å². The molecule has 0 bridgehead atoms. The molecule has 10 N–H and O–H groups in total. The Balaban J connectivity index is 2.30. The molecule has 14 nitrogen and oxygen atoms in total. The standard InChI is InChI=1S/C24H33N7O7/c1-12(2)20(26)23(36)30-16(7-13-3-5-15(32)6-4-13)21(34)29-17(8-14-10-27-11-28-14)22(35)31-18(24(37)38)9-19(25)33/h3-6,10-12,16-18,20,32H,7-9,26H2,1-2H3,(H2,25,33)(H,27,28)(H,29,34)(H,30,36)(H,31,35)(H,37,38). The van der Waals surface area contributed by atoms with Crippen LogP contribution in [-0.4, -0.2) is 73.9 Å². The van der Waals surface area contributed by atoms with Crippen molar-refractivity contribution in [3.8, 4) is 5.75 Å². The van der Waals surface area contributed by atoms with E-state index < -0.39 is 60.2 Å². The van der Waals surface area contributed by atoms with Gasteiger partial charge in [-0.2, -0.15) is 0 Å². The van der Waals surface area contributed by atoms with Crippen LogP contribution in [0.3, 0.4) is 0 Å². The molecule has 2 aromatic rings. The number of aromatic nitrogens is 2. The van der Waals surface area contributed by atoms with Crippen molar-refractivity contribution in [2.75, 3.05) is 0 Å². The second-order valence-corrected chi connectivity index (χ2v) is 9.11. The fourth-order valence-electron chi connectivity index (χ4n) is 3.42. The largest absolute Gasteiger partial charge is 0.508 e. The van der Waals surface area contributed by atoms with Gasteiger partial charge in [-0.15, -0.1) is 0 Å². The Morgan fingerprint density at radius 1 is 0.921 bits per heavy atom. The number of aliphatic carboxylic acids is 1. The Morgan fingerprint density at radius 3 is 1.97 bits per heavy atom. The summed E-state index contributed by atoms with van der Waals surface area (Å²) in [5, 5.41) is 26.3. The number of nitrogens with zero attached hydrogens (tertiary/aromatic N) is 1. The van der Waals surface area contributed by atoms with Crippen molar-refractivity contribution in [2.24, 2.45) is 17.4 Å². The summed E-state index contributed by atoms with van der Waals surface area (Å²) >= 11 is 0. The Labute approximate surface area is 218 Å². The Hall–Kier alpha value is -4.46. The summed E-state index contributed by atoms with van der Waals surface area (Å²) < 4.78 is 0. The van der Waals surface area contributed by atoms with E-state index in [0.29, 0.717) is 11.3 Å². The Kier molecular flexibility index (Phi) is 10.8. The number of benzene rings is 1. The highest BCUT2D eigenvalue weighted by atomic mass is 16.4. The van der Waals surface area contributed by atoms with Crippen molar-refractivity contribution in [3.05, 3.63) is 48.0 Å². The van der Waals surface area contributed by atoms with E-state index in [1.807, 2.05) is 0 Å². The quantitative estimate of drug-likeness (QED) is 0.138. The highest BCUT2D eigenvalue weighted by Crippen LogP contribution is 2.12. The van der Waals surface area contributed by atoms with Gasteiger partial charge in [0, 0.05) is 24.7 Å². The SMILES string of the molecule is CC(C)C(N)C(=O)NC(Cc1ccc(O)cc1)C(=O)NC(Cc1cnc[nH]1)C(=O)NC(CC(N)=O)C(=O)O. The summed E-state index contributed by atoms with van der Waals surface area (Å²) in [6.07, 6.45) is 2.02. The number of aromatic hydroxyl groups is 1. The molecule has 0 aliphatic heterocycles. The van der Waals surface area contributed by atoms with Gasteiger partial charge in [0.05, 0.1) is 18.8 Å². The maximum absolute atomic E-state index is 13.4. The molecule has 1 heterocycles. The highest BCUT2D eigenvalue weighted by molar-refractivity contribution is 5.95. The molecule has 0 saturated heterocycles. The van der Waals surface area contributed by atoms with Gasteiger partial charge in [0.1, 0.15) is 23.9 Å². The number of aromatic amines is 1. The van der Waals surface area contributed by atoms with E-state index in [-0.39, 0.29) is 24.5 Å². The first-order valence-electron chi connectivity index (χ1n) is 11.8. The number of hydrogen-bond donors (Lipinski definition) is 8. The third-order valence-corrected chi connectivity index (χ3v) is 5.66. The van der Waals surface area contributed by atoms with Crippen LogP contribution in [0.1, 0.15) is 31.5 Å². The van der Waals surface area contributed by atoms with Crippen molar-refractivity contribution in [1.29, 1.82) is 0 Å². The lowest BCUT2D eigenvalue weighted by molar-refractivity contribution is -0.143. The molecule has 1 aromatic carbocycles. The number of H-pyrrole nitrogens is 1. The number of amides is 4. The number of carboxylic acid groups (broad SMARTS) is 1. The van der Waals surface area contributed by atoms with Gasteiger partial charge >= 0.3 is 5.97 Å². The normalized spacial score (nSPS) is 14.1. The van der Waals surface area contributed by atoms with Crippen LogP contribution in [-0.2, 0) is 36.8 Å². The summed E-state index contributed by atoms with van der Waals surface area (Å²) in [6, 6.07) is 0.985. The number of carboxylic acids is 1. The molecule has 0 fully saturated rings. The predicted molar refractivity (Wildman–Crippen MR) is 134 cm³/mol. The summed E-state index contributed by atoms with van der Waals surface area (Å²) in [4.78, 5) is 68.5. The minimum Gasteiger partial charge on any atom is -0.508 e. The van der Waals surface area contributed by atoms with Crippen molar-refractivity contribution < 1.29 is 34.2 Å². The van der Waals surface area contributed by atoms with Gasteiger partial charge in [0.25, 0.3) is 0 Å². The van der Waals surface area contributed by atoms with Crippen molar-refractivity contribution in [2.45, 2.75) is 57.3 Å². The first kappa shape index (κ1) is 29.8. The third-order valence-electron chi connectivity index (χ3n) is 5.66. The molecule has 4 amide bonds. The van der Waals surface area contributed by atoms with E-state index in [0.717, 1.165) is 0 Å². The number of imidazole rings is 1. The molecule has 0 radical (unpaired) electrons. The molecule has 0 spiro atoms. The number of phenols is 1. The van der Waals surface area contributed by atoms with E-state index in [2.05, 4.69) is 25.9 Å². The molecule has 4 unspecified atom stereocenters. The molecule has 38 heavy (non-hydrogen) atoms. The minimum atomic E-state index is -1.61. The van der Waals surface area contributed by atoms with E-state index in [1.54, 1.807) is 26.0 Å². The molecule has 206 valence electrons. The number of primary amides is 1. The molecule has 4 atom stereocenters. The molecular weight excluding hydrogens is 498 g/mol. The average Bonchev–Trinajstić information content (AvgIpc) is 3.36. The lowest BCUT2D eigenvalue weighted by Crippen LogP contribution is -2.58. The fourth-order valence-corrected chi connectivity index (χ4v) is 3.42. The number of hydrogen-bond acceptors (Lipinski definition) is 8. The molecule has 2 rings (SSSR count). The zero-order valence-corrected chi connectivity index (χ0v) is 21.0. The van der Waals surface area contributed by atoms with Crippen molar-refractivity contribution >= 4 is 29.6 Å². The van der Waals surface area contributed by atoms with E-state index in [1.165, 1.54) is 24.7 Å². The smallest absolute Gasteiger partial charge is 0.326 e. The van der Waals surface area contributed by atoms with Gasteiger partial charge in [-0.25, -0.2) is 9.78 Å². The van der Waals surface area contributed by atoms with Crippen LogP contribution in [0.25, 0.3) is 0 Å². The van der Waals surface area contributed by atoms with E-state index in [9.17, 15) is 34.2 Å². The van der Waals surface area contributed by atoms with Gasteiger partial charge in [-0.1, -0.05) is 26.0 Å². The number of rotatable bonds is 14. The monoisotopic (exact) mass is 531 g/mol. The van der Waals surface area contributed by atoms with Crippen LogP contribution < -0.4 is 27.4 Å². The average molecular weight is 532 g/mol. The van der Waals surface area contributed by atoms with Crippen LogP contribution in [0.2, 0.25) is 0 Å². The topological polar surface area (TPSA) is 243 Å². The first-order valence-corrected chi connectivity index (χ1v) is 11.8. The van der Waals surface area contributed by atoms with Gasteiger partial charge in [0.15, 0.2) is 0 Å². The first-order chi connectivity index (χ1) is 17.9. The second kappa shape index (κ2) is 13.7.